The summed E-state index contributed by atoms with van der Waals surface area (Å²) in [7, 11) is 0. The van der Waals surface area contributed by atoms with Crippen LogP contribution in [0.2, 0.25) is 0 Å². The van der Waals surface area contributed by atoms with Crippen LogP contribution >= 0.6 is 0 Å². The van der Waals surface area contributed by atoms with Gasteiger partial charge in [0, 0.05) is 82.6 Å². The quantitative estimate of drug-likeness (QED) is 0.127. The van der Waals surface area contributed by atoms with Crippen LogP contribution in [-0.2, 0) is 31.6 Å². The molecule has 7 aromatic rings. The Kier molecular flexibility index (Phi) is 18.4. The number of imidazole rings is 2. The molecule has 3 aromatic heterocycles. The van der Waals surface area contributed by atoms with Crippen molar-refractivity contribution in [2.45, 2.75) is 172 Å². The Bertz CT molecular complexity index is 3300. The van der Waals surface area contributed by atoms with Crippen LogP contribution in [0, 0.1) is 27.7 Å². The highest BCUT2D eigenvalue weighted by Crippen LogP contribution is 2.40. The fourth-order valence-corrected chi connectivity index (χ4v) is 10.2. The molecule has 1 aliphatic carbocycles. The summed E-state index contributed by atoms with van der Waals surface area (Å²) in [6.45, 7) is 42.5. The van der Waals surface area contributed by atoms with E-state index in [9.17, 15) is 26.3 Å². The predicted octanol–water partition coefficient (Wildman–Crippen LogP) is 17.8. The van der Waals surface area contributed by atoms with Gasteiger partial charge < -0.3 is 18.9 Å². The second kappa shape index (κ2) is 23.8. The molecular formula is C63H78F6N8. The molecule has 0 spiro atoms. The van der Waals surface area contributed by atoms with Crippen LogP contribution in [0.4, 0.5) is 37.7 Å². The van der Waals surface area contributed by atoms with Gasteiger partial charge in [0.25, 0.3) is 0 Å². The zero-order chi connectivity index (χ0) is 57.2. The molecule has 0 amide bonds. The van der Waals surface area contributed by atoms with E-state index in [1.54, 1.807) is 26.0 Å². The lowest BCUT2D eigenvalue weighted by Crippen LogP contribution is -2.31. The first-order chi connectivity index (χ1) is 35.9. The number of hydrogen-bond acceptors (Lipinski definition) is 5. The number of hydrogen-bond donors (Lipinski definition) is 0. The van der Waals surface area contributed by atoms with Gasteiger partial charge in [0.1, 0.15) is 0 Å². The Labute approximate surface area is 452 Å². The van der Waals surface area contributed by atoms with Gasteiger partial charge in [-0.2, -0.15) is 31.4 Å². The molecule has 8 nitrogen and oxygen atoms in total. The van der Waals surface area contributed by atoms with Crippen LogP contribution in [0.15, 0.2) is 122 Å². The summed E-state index contributed by atoms with van der Waals surface area (Å²) in [5, 5.41) is 3.75. The minimum Gasteiger partial charge on any atom is -0.343 e. The minimum absolute atomic E-state index is 0.0641. The molecule has 77 heavy (non-hydrogen) atoms. The molecule has 4 aromatic carbocycles. The van der Waals surface area contributed by atoms with Crippen molar-refractivity contribution in [1.82, 2.24) is 28.9 Å². The van der Waals surface area contributed by atoms with Gasteiger partial charge in [0.2, 0.25) is 5.82 Å². The van der Waals surface area contributed by atoms with E-state index in [-0.39, 0.29) is 12.1 Å². The van der Waals surface area contributed by atoms with Gasteiger partial charge in [-0.15, -0.1) is 0 Å². The lowest BCUT2D eigenvalue weighted by molar-refractivity contribution is -0.147. The summed E-state index contributed by atoms with van der Waals surface area (Å²) in [5.41, 5.74) is 18.1. The van der Waals surface area contributed by atoms with Crippen molar-refractivity contribution in [3.63, 3.8) is 0 Å². The zero-order valence-electron chi connectivity index (χ0n) is 47.8. The molecule has 3 aliphatic rings. The van der Waals surface area contributed by atoms with Crippen LogP contribution in [-0.4, -0.2) is 41.0 Å². The molecule has 14 heteroatoms. The molecule has 0 atom stereocenters. The topological polar surface area (TPSA) is 59.9 Å². The molecule has 10 rings (SSSR count). The van der Waals surface area contributed by atoms with Gasteiger partial charge in [0.15, 0.2) is 5.69 Å². The molecule has 5 heterocycles. The van der Waals surface area contributed by atoms with E-state index >= 15 is 0 Å². The zero-order valence-corrected chi connectivity index (χ0v) is 47.8. The van der Waals surface area contributed by atoms with Crippen molar-refractivity contribution in [1.29, 1.82) is 0 Å². The summed E-state index contributed by atoms with van der Waals surface area (Å²) in [4.78, 5) is 12.7. The van der Waals surface area contributed by atoms with Crippen molar-refractivity contribution in [2.24, 2.45) is 0 Å². The average molecular weight is 1060 g/mol. The Morgan fingerprint density at radius 3 is 1.69 bits per heavy atom. The first-order valence-electron chi connectivity index (χ1n) is 26.6. The summed E-state index contributed by atoms with van der Waals surface area (Å²) in [6, 6.07) is 26.0. The van der Waals surface area contributed by atoms with Crippen LogP contribution < -0.4 is 9.80 Å². The smallest absolute Gasteiger partial charge is 0.343 e. The summed E-state index contributed by atoms with van der Waals surface area (Å²) in [5.74, 6) is -0.822. The Hall–Kier alpha value is -6.83. The van der Waals surface area contributed by atoms with Gasteiger partial charge in [0.05, 0.1) is 28.4 Å². The first-order valence-corrected chi connectivity index (χ1v) is 26.6. The predicted molar refractivity (Wildman–Crippen MR) is 307 cm³/mol. The molecule has 0 saturated heterocycles. The third-order valence-corrected chi connectivity index (χ3v) is 14.1. The number of benzene rings is 4. The van der Waals surface area contributed by atoms with Crippen LogP contribution in [0.1, 0.15) is 157 Å². The molecule has 0 radical (unpaired) electrons. The highest BCUT2D eigenvalue weighted by atomic mass is 19.4. The SMILES string of the molecule is C=C1C=C(C)c2ccccc2N1C(C)C.C=C1CCc2c(C(F)(F)F)nn(C(C)C)c2C1.C=C1Cc2ccccc2N1C(C)C.Cc1cc2nc(C(F)(F)F)n(C(C)C)c2cc1C.Cc1cc2ncn(C(C)C)c2cc1C. The van der Waals surface area contributed by atoms with E-state index in [2.05, 4.69) is 178 Å². The largest absolute Gasteiger partial charge is 0.449 e. The number of fused-ring (bicyclic) bond motifs is 5. The maximum atomic E-state index is 13.0. The van der Waals surface area contributed by atoms with Gasteiger partial charge in [-0.05, 0) is 193 Å². The molecule has 2 aliphatic heterocycles. The number of aromatic nitrogens is 6. The van der Waals surface area contributed by atoms with Gasteiger partial charge in [-0.1, -0.05) is 61.7 Å². The second-order valence-electron chi connectivity index (χ2n) is 21.9. The van der Waals surface area contributed by atoms with Crippen molar-refractivity contribution in [3.05, 3.63) is 178 Å². The van der Waals surface area contributed by atoms with E-state index in [4.69, 9.17) is 0 Å². The summed E-state index contributed by atoms with van der Waals surface area (Å²) < 4.78 is 82.4. The van der Waals surface area contributed by atoms with E-state index in [1.165, 1.54) is 59.7 Å². The standard InChI is InChI=1S/C14H17N.C13H15F3N2.C12H15F3N2.C12H16N2.C12H15N/c1-10(2)15-12(4)9-11(3)13-7-5-6-8-14(13)15;1-7(2)18-11-6-9(4)8(3)5-10(11)17-12(18)13(14,15)16;1-7(2)17-10-6-8(3)4-5-9(10)11(16-17)12(13,14)15;1-8(2)14-7-13-11-5-9(3)10(4)6-12(11)14;1-9(2)13-10(3)8-11-6-4-5-7-12(11)13/h5-10H,4H2,1-3H3;5-7H,1-4H3;7H,3-6H2,1-2H3;5-8H,1-4H3;4-7,9H,3,8H2,1-2H3. The minimum atomic E-state index is -4.43. The molecular weight excluding hydrogens is 983 g/mol. The lowest BCUT2D eigenvalue weighted by Gasteiger charge is -2.34. The second-order valence-corrected chi connectivity index (χ2v) is 21.9. The van der Waals surface area contributed by atoms with E-state index < -0.39 is 23.9 Å². The third-order valence-electron chi connectivity index (χ3n) is 14.1. The van der Waals surface area contributed by atoms with E-state index in [0.717, 1.165) is 34.3 Å². The van der Waals surface area contributed by atoms with Crippen LogP contribution in [0.25, 0.3) is 27.6 Å². The Balaban J connectivity index is 0.000000157. The molecule has 0 saturated carbocycles. The molecule has 0 bridgehead atoms. The van der Waals surface area contributed by atoms with E-state index in [1.807, 2.05) is 34.0 Å². The van der Waals surface area contributed by atoms with Crippen molar-refractivity contribution >= 4 is 39.0 Å². The third kappa shape index (κ3) is 13.3. The molecule has 0 fully saturated rings. The number of aryl methyl sites for hydroxylation is 4. The van der Waals surface area contributed by atoms with Gasteiger partial charge in [-0.25, -0.2) is 9.97 Å². The monoisotopic (exact) mass is 1060 g/mol. The highest BCUT2D eigenvalue weighted by molar-refractivity contribution is 5.83. The van der Waals surface area contributed by atoms with Crippen molar-refractivity contribution in [2.75, 3.05) is 9.80 Å². The van der Waals surface area contributed by atoms with Crippen LogP contribution in [0.3, 0.4) is 0 Å². The van der Waals surface area contributed by atoms with Crippen molar-refractivity contribution < 1.29 is 26.3 Å². The summed E-state index contributed by atoms with van der Waals surface area (Å²) >= 11 is 0. The van der Waals surface area contributed by atoms with Gasteiger partial charge >= 0.3 is 12.4 Å². The van der Waals surface area contributed by atoms with E-state index in [0.29, 0.717) is 59.7 Å². The number of para-hydroxylation sites is 2. The van der Waals surface area contributed by atoms with Gasteiger partial charge in [-0.3, -0.25) is 4.68 Å². The number of alkyl halides is 6. The van der Waals surface area contributed by atoms with Crippen molar-refractivity contribution in [3.8, 4) is 0 Å². The average Bonchev–Trinajstić information content (AvgIpc) is 4.11. The Morgan fingerprint density at radius 1 is 0.571 bits per heavy atom. The highest BCUT2D eigenvalue weighted by Gasteiger charge is 2.40. The maximum Gasteiger partial charge on any atom is 0.449 e. The molecule has 0 N–H and O–H groups in total. The summed E-state index contributed by atoms with van der Waals surface area (Å²) in [6.07, 6.45) is -2.16. The maximum absolute atomic E-state index is 13.0. The van der Waals surface area contributed by atoms with Crippen LogP contribution in [0.5, 0.6) is 0 Å². The fourth-order valence-electron chi connectivity index (χ4n) is 10.2. The molecule has 412 valence electrons. The number of nitrogens with zero attached hydrogens (tertiary/aromatic N) is 8. The number of allylic oxidation sites excluding steroid dienone is 4. The fraction of sp³-hybridized carbons (Fsp3) is 0.413. The normalized spacial score (nSPS) is 14.3. The first kappa shape index (κ1) is 59.4. The number of anilines is 2. The number of rotatable bonds is 5. The number of halogens is 6. The Morgan fingerprint density at radius 2 is 1.13 bits per heavy atom. The lowest BCUT2D eigenvalue weighted by atomic mass is 9.92. The molecule has 0 unspecified atom stereocenters.